The van der Waals surface area contributed by atoms with Crippen molar-refractivity contribution < 1.29 is 0 Å². The van der Waals surface area contributed by atoms with Crippen molar-refractivity contribution in [2.45, 2.75) is 231 Å². The second-order valence-corrected chi connectivity index (χ2v) is 13.7. The molecule has 234 valence electrons. The van der Waals surface area contributed by atoms with E-state index in [9.17, 15) is 0 Å². The molecule has 1 fully saturated rings. The summed E-state index contributed by atoms with van der Waals surface area (Å²) in [6, 6.07) is 0. The minimum Gasteiger partial charge on any atom is -0.330 e. The lowest BCUT2D eigenvalue weighted by atomic mass is 9.94. The van der Waals surface area contributed by atoms with Gasteiger partial charge in [0, 0.05) is 0 Å². The third-order valence-electron chi connectivity index (χ3n) is 9.81. The van der Waals surface area contributed by atoms with Crippen molar-refractivity contribution >= 4 is 0 Å². The monoisotopic (exact) mass is 548 g/mol. The first-order valence-electron chi connectivity index (χ1n) is 19.1. The highest BCUT2D eigenvalue weighted by atomic mass is 14.5. The van der Waals surface area contributed by atoms with Gasteiger partial charge in [0.05, 0.1) is 0 Å². The second kappa shape index (κ2) is 32.5. The van der Waals surface area contributed by atoms with Gasteiger partial charge in [0.2, 0.25) is 0 Å². The molecule has 0 unspecified atom stereocenters. The van der Waals surface area contributed by atoms with Crippen LogP contribution in [0.15, 0.2) is 0 Å². The summed E-state index contributed by atoms with van der Waals surface area (Å²) in [6.07, 6.45) is 53.0. The van der Waals surface area contributed by atoms with Gasteiger partial charge in [-0.2, -0.15) is 0 Å². The number of rotatable bonds is 1. The van der Waals surface area contributed by atoms with E-state index in [2.05, 4.69) is 0 Å². The quantitative estimate of drug-likeness (QED) is 0.347. The van der Waals surface area contributed by atoms with Gasteiger partial charge in [0.25, 0.3) is 0 Å². The van der Waals surface area contributed by atoms with E-state index in [1.54, 1.807) is 0 Å². The molecule has 1 saturated carbocycles. The SMILES string of the molecule is NCC1CCCCCCCCCCCCCCCCCCCCCCCCCCCCCCCCCCCC1. The predicted octanol–water partition coefficient (Wildman–Crippen LogP) is 13.6. The summed E-state index contributed by atoms with van der Waals surface area (Å²) >= 11 is 0. The smallest absolute Gasteiger partial charge is 0.00489 e. The first-order chi connectivity index (χ1) is 19.4. The molecule has 0 heterocycles. The van der Waals surface area contributed by atoms with Gasteiger partial charge in [0.1, 0.15) is 0 Å². The lowest BCUT2D eigenvalue weighted by Gasteiger charge is -2.14. The Morgan fingerprint density at radius 3 is 0.487 bits per heavy atom. The average molecular weight is 548 g/mol. The summed E-state index contributed by atoms with van der Waals surface area (Å²) in [5.74, 6) is 0.797. The largest absolute Gasteiger partial charge is 0.330 e. The fourth-order valence-corrected chi connectivity index (χ4v) is 6.90. The van der Waals surface area contributed by atoms with Crippen molar-refractivity contribution in [2.24, 2.45) is 11.7 Å². The molecule has 0 aromatic carbocycles. The zero-order valence-corrected chi connectivity index (χ0v) is 27.3. The first-order valence-corrected chi connectivity index (χ1v) is 19.1. The van der Waals surface area contributed by atoms with E-state index < -0.39 is 0 Å². The molecule has 0 aliphatic heterocycles. The Kier molecular flexibility index (Phi) is 30.8. The summed E-state index contributed by atoms with van der Waals surface area (Å²) in [7, 11) is 0. The third kappa shape index (κ3) is 29.3. The van der Waals surface area contributed by atoms with Crippen molar-refractivity contribution in [3.63, 3.8) is 0 Å². The van der Waals surface area contributed by atoms with Crippen LogP contribution in [0, 0.1) is 5.92 Å². The molecule has 1 aliphatic rings. The second-order valence-electron chi connectivity index (χ2n) is 13.7. The molecule has 0 spiro atoms. The Balaban J connectivity index is 2.09. The van der Waals surface area contributed by atoms with Crippen LogP contribution in [0.5, 0.6) is 0 Å². The molecular formula is C38H77N. The van der Waals surface area contributed by atoms with Gasteiger partial charge < -0.3 is 5.73 Å². The van der Waals surface area contributed by atoms with Crippen LogP contribution in [-0.2, 0) is 0 Å². The highest BCUT2D eigenvalue weighted by molar-refractivity contribution is 4.62. The van der Waals surface area contributed by atoms with Crippen LogP contribution in [0.2, 0.25) is 0 Å². The van der Waals surface area contributed by atoms with E-state index >= 15 is 0 Å². The molecule has 0 radical (unpaired) electrons. The first kappa shape index (κ1) is 37.0. The molecule has 1 heteroatoms. The molecular weight excluding hydrogens is 470 g/mol. The van der Waals surface area contributed by atoms with Crippen LogP contribution >= 0.6 is 0 Å². The van der Waals surface area contributed by atoms with E-state index in [1.807, 2.05) is 0 Å². The molecule has 0 bridgehead atoms. The summed E-state index contributed by atoms with van der Waals surface area (Å²) in [5.41, 5.74) is 6.11. The third-order valence-corrected chi connectivity index (χ3v) is 9.81. The maximum absolute atomic E-state index is 6.11. The molecule has 2 N–H and O–H groups in total. The summed E-state index contributed by atoms with van der Waals surface area (Å²) < 4.78 is 0. The number of hydrogen-bond acceptors (Lipinski definition) is 1. The standard InChI is InChI=1S/C38H77N/c39-37-38-35-33-31-29-27-25-23-21-19-17-15-13-11-9-7-5-3-1-2-4-6-8-10-12-14-16-18-20-22-24-26-28-30-32-34-36-38/h38H,1-37,39H2. The van der Waals surface area contributed by atoms with E-state index in [0.717, 1.165) is 12.5 Å². The summed E-state index contributed by atoms with van der Waals surface area (Å²) in [4.78, 5) is 0. The minimum atomic E-state index is 0.797. The van der Waals surface area contributed by atoms with Gasteiger partial charge in [-0.05, 0) is 25.3 Å². The van der Waals surface area contributed by atoms with E-state index in [-0.39, 0.29) is 0 Å². The highest BCUT2D eigenvalue weighted by Gasteiger charge is 2.06. The van der Waals surface area contributed by atoms with Gasteiger partial charge in [0.15, 0.2) is 0 Å². The lowest BCUT2D eigenvalue weighted by Crippen LogP contribution is -2.14. The molecule has 1 rings (SSSR count). The fraction of sp³-hybridized carbons (Fsp3) is 1.00. The Hall–Kier alpha value is -0.0400. The van der Waals surface area contributed by atoms with Crippen LogP contribution in [0.3, 0.4) is 0 Å². The van der Waals surface area contributed by atoms with Crippen LogP contribution in [0.4, 0.5) is 0 Å². The van der Waals surface area contributed by atoms with Crippen molar-refractivity contribution in [1.82, 2.24) is 0 Å². The molecule has 1 nitrogen and oxygen atoms in total. The van der Waals surface area contributed by atoms with Crippen LogP contribution in [0.25, 0.3) is 0 Å². The Labute approximate surface area is 249 Å². The van der Waals surface area contributed by atoms with E-state index in [0.29, 0.717) is 0 Å². The summed E-state index contributed by atoms with van der Waals surface area (Å²) in [6.45, 7) is 0.917. The van der Waals surface area contributed by atoms with Gasteiger partial charge in [-0.25, -0.2) is 0 Å². The maximum atomic E-state index is 6.11. The van der Waals surface area contributed by atoms with Gasteiger partial charge in [-0.3, -0.25) is 0 Å². The van der Waals surface area contributed by atoms with E-state index in [1.165, 1.54) is 231 Å². The van der Waals surface area contributed by atoms with Crippen LogP contribution in [0.1, 0.15) is 231 Å². The van der Waals surface area contributed by atoms with Gasteiger partial charge >= 0.3 is 0 Å². The average Bonchev–Trinajstić information content (AvgIpc) is 2.95. The predicted molar refractivity (Wildman–Crippen MR) is 179 cm³/mol. The van der Waals surface area contributed by atoms with Crippen LogP contribution < -0.4 is 5.73 Å². The molecule has 0 amide bonds. The Bertz CT molecular complexity index is 394. The van der Waals surface area contributed by atoms with Crippen molar-refractivity contribution in [3.8, 4) is 0 Å². The van der Waals surface area contributed by atoms with E-state index in [4.69, 9.17) is 5.73 Å². The minimum absolute atomic E-state index is 0.797. The molecule has 0 saturated heterocycles. The normalized spacial score (nSPS) is 23.9. The lowest BCUT2D eigenvalue weighted by molar-refractivity contribution is 0.409. The van der Waals surface area contributed by atoms with Crippen molar-refractivity contribution in [3.05, 3.63) is 0 Å². The molecule has 1 aliphatic carbocycles. The topological polar surface area (TPSA) is 26.0 Å². The Morgan fingerprint density at radius 2 is 0.359 bits per heavy atom. The zero-order valence-electron chi connectivity index (χ0n) is 27.3. The fourth-order valence-electron chi connectivity index (χ4n) is 6.90. The molecule has 39 heavy (non-hydrogen) atoms. The van der Waals surface area contributed by atoms with Crippen molar-refractivity contribution in [1.29, 1.82) is 0 Å². The zero-order chi connectivity index (χ0) is 27.7. The number of nitrogens with two attached hydrogens (primary N) is 1. The molecule has 0 aromatic heterocycles. The van der Waals surface area contributed by atoms with Crippen LogP contribution in [-0.4, -0.2) is 6.54 Å². The summed E-state index contributed by atoms with van der Waals surface area (Å²) in [5, 5.41) is 0. The van der Waals surface area contributed by atoms with Crippen molar-refractivity contribution in [2.75, 3.05) is 6.54 Å². The Morgan fingerprint density at radius 1 is 0.231 bits per heavy atom. The molecule has 0 aromatic rings. The number of hydrogen-bond donors (Lipinski definition) is 1. The van der Waals surface area contributed by atoms with Gasteiger partial charge in [-0.15, -0.1) is 0 Å². The highest BCUT2D eigenvalue weighted by Crippen LogP contribution is 2.20. The molecule has 0 atom stereocenters. The van der Waals surface area contributed by atoms with Gasteiger partial charge in [-0.1, -0.05) is 218 Å². The maximum Gasteiger partial charge on any atom is -0.00489 e.